The molecule has 24 heavy (non-hydrogen) atoms. The van der Waals surface area contributed by atoms with E-state index in [9.17, 15) is 9.18 Å². The van der Waals surface area contributed by atoms with Crippen LogP contribution in [0.25, 0.3) is 0 Å². The monoisotopic (exact) mass is 340 g/mol. The van der Waals surface area contributed by atoms with Gasteiger partial charge in [0.2, 0.25) is 0 Å². The standard InChI is InChI=1S/C18H25FO5/c1-3-4-18(20)23-12-17(24-14-7-9-22-10-8-14)15-11-13(19)5-6-16(15)21-2/h5-6,11,14,17H,3-4,7-10,12H2,1-2H3/t17-/m0/s1. The number of esters is 1. The minimum absolute atomic E-state index is 0.0124. The molecule has 0 spiro atoms. The van der Waals surface area contributed by atoms with E-state index >= 15 is 0 Å². The van der Waals surface area contributed by atoms with E-state index in [2.05, 4.69) is 0 Å². The average Bonchev–Trinajstić information content (AvgIpc) is 2.59. The van der Waals surface area contributed by atoms with Crippen LogP contribution in [0.1, 0.15) is 44.3 Å². The number of rotatable bonds is 8. The second kappa shape index (κ2) is 9.59. The molecule has 1 aliphatic rings. The van der Waals surface area contributed by atoms with Crippen molar-refractivity contribution in [2.75, 3.05) is 26.9 Å². The molecule has 1 aromatic carbocycles. The molecule has 1 heterocycles. The molecule has 1 saturated heterocycles. The summed E-state index contributed by atoms with van der Waals surface area (Å²) in [6.45, 7) is 3.21. The van der Waals surface area contributed by atoms with Gasteiger partial charge in [-0.3, -0.25) is 4.79 Å². The zero-order valence-corrected chi connectivity index (χ0v) is 14.3. The van der Waals surface area contributed by atoms with E-state index < -0.39 is 6.10 Å². The maximum absolute atomic E-state index is 13.7. The van der Waals surface area contributed by atoms with Crippen molar-refractivity contribution < 1.29 is 28.1 Å². The Morgan fingerprint density at radius 2 is 2.12 bits per heavy atom. The lowest BCUT2D eigenvalue weighted by atomic mass is 10.1. The predicted molar refractivity (Wildman–Crippen MR) is 86.5 cm³/mol. The number of carbonyl (C=O) groups is 1. The highest BCUT2D eigenvalue weighted by Crippen LogP contribution is 2.31. The van der Waals surface area contributed by atoms with Gasteiger partial charge in [-0.05, 0) is 37.5 Å². The molecule has 1 aromatic rings. The topological polar surface area (TPSA) is 54.0 Å². The van der Waals surface area contributed by atoms with Crippen LogP contribution >= 0.6 is 0 Å². The molecule has 0 unspecified atom stereocenters. The Morgan fingerprint density at radius 3 is 2.79 bits per heavy atom. The summed E-state index contributed by atoms with van der Waals surface area (Å²) in [4.78, 5) is 11.7. The molecule has 6 heteroatoms. The summed E-state index contributed by atoms with van der Waals surface area (Å²) in [6.07, 6.45) is 2.01. The predicted octanol–water partition coefficient (Wildman–Crippen LogP) is 3.41. The van der Waals surface area contributed by atoms with Crippen LogP contribution in [-0.4, -0.2) is 39.0 Å². The van der Waals surface area contributed by atoms with Gasteiger partial charge in [0.15, 0.2) is 0 Å². The second-order valence-electron chi connectivity index (χ2n) is 5.76. The van der Waals surface area contributed by atoms with Crippen LogP contribution in [0.4, 0.5) is 4.39 Å². The highest BCUT2D eigenvalue weighted by molar-refractivity contribution is 5.69. The Kier molecular flexibility index (Phi) is 7.46. The summed E-state index contributed by atoms with van der Waals surface area (Å²) >= 11 is 0. The maximum atomic E-state index is 13.7. The first-order chi connectivity index (χ1) is 11.6. The quantitative estimate of drug-likeness (QED) is 0.679. The molecule has 2 rings (SSSR count). The molecule has 0 aromatic heterocycles. The highest BCUT2D eigenvalue weighted by atomic mass is 19.1. The average molecular weight is 340 g/mol. The molecule has 0 aliphatic carbocycles. The largest absolute Gasteiger partial charge is 0.496 e. The third-order valence-corrected chi connectivity index (χ3v) is 3.91. The Morgan fingerprint density at radius 1 is 1.38 bits per heavy atom. The van der Waals surface area contributed by atoms with Crippen LogP contribution in [0.2, 0.25) is 0 Å². The van der Waals surface area contributed by atoms with E-state index in [0.717, 1.165) is 12.8 Å². The second-order valence-corrected chi connectivity index (χ2v) is 5.76. The van der Waals surface area contributed by atoms with E-state index in [1.54, 1.807) is 6.07 Å². The van der Waals surface area contributed by atoms with Gasteiger partial charge in [-0.2, -0.15) is 0 Å². The van der Waals surface area contributed by atoms with E-state index in [0.29, 0.717) is 37.4 Å². The van der Waals surface area contributed by atoms with E-state index in [4.69, 9.17) is 18.9 Å². The molecule has 0 N–H and O–H groups in total. The van der Waals surface area contributed by atoms with Crippen LogP contribution in [0.5, 0.6) is 5.75 Å². The number of ether oxygens (including phenoxy) is 4. The molecule has 0 bridgehead atoms. The number of hydrogen-bond acceptors (Lipinski definition) is 5. The Hall–Kier alpha value is -1.66. The minimum Gasteiger partial charge on any atom is -0.496 e. The number of methoxy groups -OCH3 is 1. The van der Waals surface area contributed by atoms with Gasteiger partial charge < -0.3 is 18.9 Å². The van der Waals surface area contributed by atoms with Crippen LogP contribution in [0.15, 0.2) is 18.2 Å². The van der Waals surface area contributed by atoms with Crippen LogP contribution in [0.3, 0.4) is 0 Å². The summed E-state index contributed by atoms with van der Waals surface area (Å²) in [6, 6.07) is 4.26. The van der Waals surface area contributed by atoms with Gasteiger partial charge in [0.25, 0.3) is 0 Å². The van der Waals surface area contributed by atoms with Crippen molar-refractivity contribution in [3.63, 3.8) is 0 Å². The van der Waals surface area contributed by atoms with Crippen molar-refractivity contribution in [2.45, 2.75) is 44.8 Å². The summed E-state index contributed by atoms with van der Waals surface area (Å²) in [5.41, 5.74) is 0.549. The van der Waals surface area contributed by atoms with E-state index in [-0.39, 0.29) is 24.5 Å². The summed E-state index contributed by atoms with van der Waals surface area (Å²) in [7, 11) is 1.52. The zero-order valence-electron chi connectivity index (χ0n) is 14.3. The summed E-state index contributed by atoms with van der Waals surface area (Å²) < 4.78 is 35.8. The summed E-state index contributed by atoms with van der Waals surface area (Å²) in [5, 5.41) is 0. The van der Waals surface area contributed by atoms with Gasteiger partial charge in [0.1, 0.15) is 24.3 Å². The first-order valence-electron chi connectivity index (χ1n) is 8.36. The fourth-order valence-corrected chi connectivity index (χ4v) is 2.65. The Labute approximate surface area is 142 Å². The number of halogens is 1. The molecule has 0 radical (unpaired) electrons. The first-order valence-corrected chi connectivity index (χ1v) is 8.36. The summed E-state index contributed by atoms with van der Waals surface area (Å²) in [5.74, 6) is -0.153. The maximum Gasteiger partial charge on any atom is 0.305 e. The van der Waals surface area contributed by atoms with Gasteiger partial charge in [-0.15, -0.1) is 0 Å². The highest BCUT2D eigenvalue weighted by Gasteiger charge is 2.25. The normalized spacial score (nSPS) is 16.6. The van der Waals surface area contributed by atoms with Gasteiger partial charge in [-0.1, -0.05) is 6.92 Å². The van der Waals surface area contributed by atoms with Crippen molar-refractivity contribution in [2.24, 2.45) is 0 Å². The third kappa shape index (κ3) is 5.46. The molecular formula is C18H25FO5. The third-order valence-electron chi connectivity index (χ3n) is 3.91. The lowest BCUT2D eigenvalue weighted by Crippen LogP contribution is -2.27. The number of benzene rings is 1. The lowest BCUT2D eigenvalue weighted by Gasteiger charge is -2.28. The van der Waals surface area contributed by atoms with E-state index in [1.165, 1.54) is 19.2 Å². The first kappa shape index (κ1) is 18.7. The lowest BCUT2D eigenvalue weighted by molar-refractivity contribution is -0.152. The van der Waals surface area contributed by atoms with Gasteiger partial charge >= 0.3 is 5.97 Å². The minimum atomic E-state index is -0.570. The molecule has 1 fully saturated rings. The number of hydrogen-bond donors (Lipinski definition) is 0. The van der Waals surface area contributed by atoms with Crippen molar-refractivity contribution in [3.8, 4) is 5.75 Å². The molecule has 5 nitrogen and oxygen atoms in total. The van der Waals surface area contributed by atoms with Gasteiger partial charge in [0, 0.05) is 25.2 Å². The Balaban J connectivity index is 2.14. The van der Waals surface area contributed by atoms with Gasteiger partial charge in [-0.25, -0.2) is 4.39 Å². The van der Waals surface area contributed by atoms with E-state index in [1.807, 2.05) is 6.92 Å². The molecule has 1 atom stereocenters. The molecular weight excluding hydrogens is 315 g/mol. The van der Waals surface area contributed by atoms with Crippen LogP contribution in [0, 0.1) is 5.82 Å². The van der Waals surface area contributed by atoms with Crippen molar-refractivity contribution in [1.82, 2.24) is 0 Å². The van der Waals surface area contributed by atoms with Crippen molar-refractivity contribution >= 4 is 5.97 Å². The molecule has 1 aliphatic heterocycles. The molecule has 134 valence electrons. The Bertz CT molecular complexity index is 528. The zero-order chi connectivity index (χ0) is 17.4. The fraction of sp³-hybridized carbons (Fsp3) is 0.611. The van der Waals surface area contributed by atoms with Crippen LogP contribution in [-0.2, 0) is 19.0 Å². The molecule has 0 amide bonds. The van der Waals surface area contributed by atoms with Crippen molar-refractivity contribution in [1.29, 1.82) is 0 Å². The van der Waals surface area contributed by atoms with Crippen LogP contribution < -0.4 is 4.74 Å². The molecule has 0 saturated carbocycles. The number of carbonyl (C=O) groups excluding carboxylic acids is 1. The SMILES string of the molecule is CCCC(=O)OC[C@H](OC1CCOCC1)c1cc(F)ccc1OC. The van der Waals surface area contributed by atoms with Crippen molar-refractivity contribution in [3.05, 3.63) is 29.6 Å². The fourth-order valence-electron chi connectivity index (χ4n) is 2.65. The van der Waals surface area contributed by atoms with Gasteiger partial charge in [0.05, 0.1) is 13.2 Å². The smallest absolute Gasteiger partial charge is 0.305 e.